The Morgan fingerprint density at radius 1 is 0.977 bits per heavy atom. The van der Waals surface area contributed by atoms with Crippen LogP contribution in [0, 0.1) is 5.41 Å². The molecule has 0 bridgehead atoms. The van der Waals surface area contributed by atoms with Crippen LogP contribution in [0.5, 0.6) is 0 Å². The van der Waals surface area contributed by atoms with Crippen molar-refractivity contribution >= 4 is 11.8 Å². The number of nitrogens with zero attached hydrogens (tertiary/aromatic N) is 3. The van der Waals surface area contributed by atoms with Crippen LogP contribution in [0.4, 0.5) is 13.2 Å². The van der Waals surface area contributed by atoms with Crippen LogP contribution < -0.4 is 10.9 Å². The molecule has 3 aliphatic rings. The van der Waals surface area contributed by atoms with Crippen molar-refractivity contribution in [2.75, 3.05) is 46.4 Å². The predicted octanol–water partition coefficient (Wildman–Crippen LogP) is 3.04. The van der Waals surface area contributed by atoms with Gasteiger partial charge < -0.3 is 29.9 Å². The number of rotatable bonds is 6. The van der Waals surface area contributed by atoms with Crippen LogP contribution in [0.1, 0.15) is 55.3 Å². The maximum absolute atomic E-state index is 13.7. The summed E-state index contributed by atoms with van der Waals surface area (Å²) in [7, 11) is 1.00. The molecule has 1 saturated carbocycles. The van der Waals surface area contributed by atoms with Gasteiger partial charge in [-0.3, -0.25) is 14.4 Å². The molecule has 43 heavy (non-hydrogen) atoms. The summed E-state index contributed by atoms with van der Waals surface area (Å²) in [5.74, 6) is -0.754. The average Bonchev–Trinajstić information content (AvgIpc) is 3.49. The van der Waals surface area contributed by atoms with E-state index in [1.54, 1.807) is 11.1 Å². The number of amides is 2. The fourth-order valence-corrected chi connectivity index (χ4v) is 6.76. The predicted molar refractivity (Wildman–Crippen MR) is 155 cm³/mol. The number of carbonyl (C=O) groups excluding carboxylic acids is 2. The highest BCUT2D eigenvalue weighted by atomic mass is 19.4. The molecule has 3 heterocycles. The van der Waals surface area contributed by atoms with Gasteiger partial charge in [0.1, 0.15) is 0 Å². The lowest BCUT2D eigenvalue weighted by molar-refractivity contribution is -0.166. The highest BCUT2D eigenvalue weighted by Gasteiger charge is 2.55. The number of hydrogen-bond donors (Lipinski definition) is 3. The fourth-order valence-electron chi connectivity index (χ4n) is 6.76. The van der Waals surface area contributed by atoms with E-state index in [9.17, 15) is 32.7 Å². The molecule has 0 radical (unpaired) electrons. The Morgan fingerprint density at radius 3 is 2.26 bits per heavy atom. The van der Waals surface area contributed by atoms with Crippen molar-refractivity contribution in [2.24, 2.45) is 5.41 Å². The number of piperidine rings is 1. The molecule has 2 aliphatic heterocycles. The van der Waals surface area contributed by atoms with Gasteiger partial charge in [0.2, 0.25) is 5.91 Å². The largest absolute Gasteiger partial charge is 0.400 e. The Morgan fingerprint density at radius 2 is 1.63 bits per heavy atom. The molecule has 2 aromatic rings. The van der Waals surface area contributed by atoms with Gasteiger partial charge in [-0.2, -0.15) is 13.2 Å². The van der Waals surface area contributed by atoms with E-state index in [1.165, 1.54) is 15.5 Å². The summed E-state index contributed by atoms with van der Waals surface area (Å²) in [6.45, 7) is 2.63. The number of hydrogen-bond acceptors (Lipinski definition) is 6. The lowest BCUT2D eigenvalue weighted by Gasteiger charge is -2.52. The second kappa shape index (κ2) is 13.6. The molecule has 9 nitrogen and oxygen atoms in total. The molecule has 1 atom stereocenters. The molecule has 12 heteroatoms. The summed E-state index contributed by atoms with van der Waals surface area (Å²) >= 11 is 0. The number of alkyl halides is 3. The molecular weight excluding hydrogens is 565 g/mol. The molecule has 5 rings (SSSR count). The van der Waals surface area contributed by atoms with Crippen LogP contribution in [-0.2, 0) is 11.3 Å². The second-order valence-electron chi connectivity index (χ2n) is 11.7. The minimum atomic E-state index is -4.41. The van der Waals surface area contributed by atoms with E-state index in [0.717, 1.165) is 25.5 Å². The zero-order chi connectivity index (χ0) is 31.3. The van der Waals surface area contributed by atoms with Crippen molar-refractivity contribution in [1.29, 1.82) is 0 Å². The van der Waals surface area contributed by atoms with Gasteiger partial charge in [-0.15, -0.1) is 0 Å². The third-order valence-electron chi connectivity index (χ3n) is 9.09. The first-order chi connectivity index (χ1) is 20.5. The number of carbonyl (C=O) groups is 2. The number of likely N-dealkylation sites (tertiary alicyclic amines) is 1. The third-order valence-corrected chi connectivity index (χ3v) is 9.09. The van der Waals surface area contributed by atoms with Crippen molar-refractivity contribution in [1.82, 2.24) is 19.7 Å². The third kappa shape index (κ3) is 7.30. The van der Waals surface area contributed by atoms with E-state index < -0.39 is 35.9 Å². The molecule has 3 fully saturated rings. The SMILES string of the molecule is CO.O=C(CCC(F)(F)F)N1CCC(O)(Cn2cc(C(=O)N3CCNCC3)c(-c3ccccc3)cc2=O)C2(CCCC2)C1. The number of pyridine rings is 1. The van der Waals surface area contributed by atoms with Crippen molar-refractivity contribution in [2.45, 2.75) is 63.3 Å². The molecule has 1 aromatic heterocycles. The lowest BCUT2D eigenvalue weighted by atomic mass is 9.65. The first-order valence-corrected chi connectivity index (χ1v) is 14.8. The Bertz CT molecular complexity index is 1320. The Kier molecular flexibility index (Phi) is 10.3. The van der Waals surface area contributed by atoms with E-state index >= 15 is 0 Å². The highest BCUT2D eigenvalue weighted by Crippen LogP contribution is 2.51. The summed E-state index contributed by atoms with van der Waals surface area (Å²) in [6.07, 6.45) is -1.66. The zero-order valence-electron chi connectivity index (χ0n) is 24.5. The van der Waals surface area contributed by atoms with E-state index in [0.29, 0.717) is 50.1 Å². The van der Waals surface area contributed by atoms with Gasteiger partial charge in [-0.25, -0.2) is 0 Å². The molecule has 3 N–H and O–H groups in total. The van der Waals surface area contributed by atoms with E-state index in [1.807, 2.05) is 30.3 Å². The number of aromatic nitrogens is 1. The molecule has 236 valence electrons. The number of aliphatic hydroxyl groups is 2. The quantitative estimate of drug-likeness (QED) is 0.466. The van der Waals surface area contributed by atoms with Gasteiger partial charge >= 0.3 is 6.18 Å². The van der Waals surface area contributed by atoms with Gasteiger partial charge in [0.15, 0.2) is 0 Å². The molecule has 1 aromatic carbocycles. The first-order valence-electron chi connectivity index (χ1n) is 14.8. The van der Waals surface area contributed by atoms with Gasteiger partial charge in [0.05, 0.1) is 24.1 Å². The van der Waals surface area contributed by atoms with Crippen molar-refractivity contribution in [3.05, 3.63) is 58.5 Å². The van der Waals surface area contributed by atoms with Crippen LogP contribution in [0.3, 0.4) is 0 Å². The number of piperazine rings is 1. The van der Waals surface area contributed by atoms with E-state index in [-0.39, 0.29) is 37.5 Å². The highest BCUT2D eigenvalue weighted by molar-refractivity contribution is 6.00. The number of nitrogens with one attached hydrogen (secondary N) is 1. The zero-order valence-corrected chi connectivity index (χ0v) is 24.5. The summed E-state index contributed by atoms with van der Waals surface area (Å²) in [5, 5.41) is 22.4. The Hall–Kier alpha value is -3.22. The van der Waals surface area contributed by atoms with Crippen LogP contribution in [0.15, 0.2) is 47.4 Å². The molecule has 1 aliphatic carbocycles. The second-order valence-corrected chi connectivity index (χ2v) is 11.7. The van der Waals surface area contributed by atoms with Crippen LogP contribution in [0.2, 0.25) is 0 Å². The Balaban J connectivity index is 0.00000207. The molecular formula is C31H41F3N4O5. The van der Waals surface area contributed by atoms with Gasteiger partial charge in [-0.1, -0.05) is 43.2 Å². The summed E-state index contributed by atoms with van der Waals surface area (Å²) in [4.78, 5) is 43.1. The molecule has 1 unspecified atom stereocenters. The minimum Gasteiger partial charge on any atom is -0.400 e. The van der Waals surface area contributed by atoms with E-state index in [4.69, 9.17) is 5.11 Å². The van der Waals surface area contributed by atoms with Gasteiger partial charge in [0.25, 0.3) is 11.5 Å². The monoisotopic (exact) mass is 606 g/mol. The maximum atomic E-state index is 13.7. The lowest BCUT2D eigenvalue weighted by Crippen LogP contribution is -2.62. The van der Waals surface area contributed by atoms with Crippen LogP contribution in [0.25, 0.3) is 11.1 Å². The van der Waals surface area contributed by atoms with Crippen molar-refractivity contribution < 1.29 is 33.0 Å². The normalized spacial score (nSPS) is 21.8. The molecule has 1 spiro atoms. The summed E-state index contributed by atoms with van der Waals surface area (Å²) in [6, 6.07) is 10.7. The number of aliphatic hydroxyl groups excluding tert-OH is 1. The smallest absolute Gasteiger partial charge is 0.389 e. The average molecular weight is 607 g/mol. The van der Waals surface area contributed by atoms with Gasteiger partial charge in [0, 0.05) is 76.0 Å². The molecule has 2 saturated heterocycles. The summed E-state index contributed by atoms with van der Waals surface area (Å²) < 4.78 is 39.7. The van der Waals surface area contributed by atoms with Crippen LogP contribution in [-0.4, -0.2) is 94.6 Å². The standard InChI is InChI=1S/C30H37F3N4O4.CH4O/c31-30(32,33)11-8-25(38)36-15-12-29(41,28(20-36)9-4-5-10-28)21-37-19-24(27(40)35-16-13-34-14-17-35)23(18-26(37)39)22-6-2-1-3-7-22;1-2/h1-3,6-7,18-19,34,41H,4-5,8-17,20-21H2;2H,1H3. The van der Waals surface area contributed by atoms with Crippen LogP contribution >= 0.6 is 0 Å². The minimum absolute atomic E-state index is 0.0622. The Labute approximate surface area is 249 Å². The first kappa shape index (κ1) is 32.7. The van der Waals surface area contributed by atoms with Crippen molar-refractivity contribution in [3.63, 3.8) is 0 Å². The number of benzene rings is 1. The fraction of sp³-hybridized carbons (Fsp3) is 0.581. The van der Waals surface area contributed by atoms with E-state index in [2.05, 4.69) is 5.32 Å². The molecule has 2 amide bonds. The van der Waals surface area contributed by atoms with Gasteiger partial charge in [-0.05, 0) is 24.8 Å². The topological polar surface area (TPSA) is 115 Å². The maximum Gasteiger partial charge on any atom is 0.389 e. The van der Waals surface area contributed by atoms with Crippen molar-refractivity contribution in [3.8, 4) is 11.1 Å². The number of halogens is 3. The summed E-state index contributed by atoms with van der Waals surface area (Å²) in [5.41, 5.74) is -0.806.